The van der Waals surface area contributed by atoms with E-state index in [1.807, 2.05) is 11.9 Å². The van der Waals surface area contributed by atoms with Crippen molar-refractivity contribution in [3.8, 4) is 0 Å². The highest BCUT2D eigenvalue weighted by atomic mass is 32.1. The third-order valence-electron chi connectivity index (χ3n) is 5.14. The third kappa shape index (κ3) is 3.15. The number of urea groups is 1. The number of hydrogen-bond acceptors (Lipinski definition) is 4. The van der Waals surface area contributed by atoms with Crippen LogP contribution < -0.4 is 5.32 Å². The van der Waals surface area contributed by atoms with Gasteiger partial charge in [0.15, 0.2) is 0 Å². The van der Waals surface area contributed by atoms with Crippen molar-refractivity contribution in [1.29, 1.82) is 0 Å². The molecule has 126 valence electrons. The van der Waals surface area contributed by atoms with Crippen molar-refractivity contribution in [3.63, 3.8) is 0 Å². The molecule has 0 atom stereocenters. The summed E-state index contributed by atoms with van der Waals surface area (Å²) in [5.74, 6) is 0.605. The molecule has 1 N–H and O–H groups in total. The number of carbonyl (C=O) groups is 2. The van der Waals surface area contributed by atoms with E-state index in [-0.39, 0.29) is 11.9 Å². The monoisotopic (exact) mass is 335 g/mol. The van der Waals surface area contributed by atoms with Gasteiger partial charge in [-0.05, 0) is 62.6 Å². The van der Waals surface area contributed by atoms with Crippen molar-refractivity contribution < 1.29 is 9.59 Å². The Labute approximate surface area is 141 Å². The van der Waals surface area contributed by atoms with E-state index in [2.05, 4.69) is 30.6 Å². The number of imide groups is 1. The zero-order chi connectivity index (χ0) is 16.6. The zero-order valence-electron chi connectivity index (χ0n) is 14.1. The molecule has 2 aliphatic rings. The number of thiophene rings is 1. The lowest BCUT2D eigenvalue weighted by atomic mass is 9.77. The van der Waals surface area contributed by atoms with E-state index in [1.54, 1.807) is 11.3 Å². The molecule has 1 aliphatic carbocycles. The minimum absolute atomic E-state index is 0.0378. The fourth-order valence-corrected chi connectivity index (χ4v) is 4.49. The molecular formula is C17H25N3O2S. The molecular weight excluding hydrogens is 310 g/mol. The van der Waals surface area contributed by atoms with Crippen LogP contribution in [0.2, 0.25) is 0 Å². The van der Waals surface area contributed by atoms with E-state index < -0.39 is 5.54 Å². The maximum Gasteiger partial charge on any atom is 0.326 e. The first-order chi connectivity index (χ1) is 10.9. The Hall–Kier alpha value is -1.40. The topological polar surface area (TPSA) is 52.6 Å². The Balaban J connectivity index is 1.65. The lowest BCUT2D eigenvalue weighted by Crippen LogP contribution is -2.49. The molecule has 6 heteroatoms. The molecule has 1 spiro atoms. The first-order valence-electron chi connectivity index (χ1n) is 8.27. The fraction of sp³-hybridized carbons (Fsp3) is 0.647. The van der Waals surface area contributed by atoms with Crippen molar-refractivity contribution >= 4 is 23.3 Å². The minimum atomic E-state index is -0.636. The molecule has 23 heavy (non-hydrogen) atoms. The van der Waals surface area contributed by atoms with E-state index in [0.29, 0.717) is 12.6 Å². The molecule has 0 unspecified atom stereocenters. The first-order valence-corrected chi connectivity index (χ1v) is 9.15. The average molecular weight is 335 g/mol. The molecule has 1 aromatic rings. The maximum atomic E-state index is 12.8. The van der Waals surface area contributed by atoms with Gasteiger partial charge in [0, 0.05) is 11.4 Å². The summed E-state index contributed by atoms with van der Waals surface area (Å²) < 4.78 is 0. The second-order valence-corrected chi connectivity index (χ2v) is 8.11. The van der Waals surface area contributed by atoms with Gasteiger partial charge in [-0.2, -0.15) is 0 Å². The summed E-state index contributed by atoms with van der Waals surface area (Å²) in [5, 5.41) is 5.05. The summed E-state index contributed by atoms with van der Waals surface area (Å²) in [6.07, 6.45) is 3.54. The predicted molar refractivity (Wildman–Crippen MR) is 91.1 cm³/mol. The quantitative estimate of drug-likeness (QED) is 0.861. The number of aryl methyl sites for hydroxylation is 1. The Morgan fingerprint density at radius 1 is 1.39 bits per heavy atom. The third-order valence-corrected chi connectivity index (χ3v) is 6.15. The summed E-state index contributed by atoms with van der Waals surface area (Å²) in [4.78, 5) is 29.8. The van der Waals surface area contributed by atoms with Gasteiger partial charge in [-0.25, -0.2) is 9.69 Å². The van der Waals surface area contributed by atoms with E-state index >= 15 is 0 Å². The SMILES string of the molecule is Cc1ccsc1CN(C)CN1C(=O)NC2(CCC(C)CC2)C1=O. The zero-order valence-corrected chi connectivity index (χ0v) is 14.9. The van der Waals surface area contributed by atoms with E-state index in [1.165, 1.54) is 15.3 Å². The number of amides is 3. The Kier molecular flexibility index (Phi) is 4.47. The molecule has 1 aromatic heterocycles. The number of carbonyl (C=O) groups excluding carboxylic acids is 2. The lowest BCUT2D eigenvalue weighted by Gasteiger charge is -2.33. The molecule has 1 saturated carbocycles. The summed E-state index contributed by atoms with van der Waals surface area (Å²) in [6.45, 7) is 5.40. The van der Waals surface area contributed by atoms with Crippen molar-refractivity contribution in [2.24, 2.45) is 5.92 Å². The standard InChI is InChI=1S/C17H25N3O2S/c1-12-4-7-17(8-5-12)15(21)20(16(22)18-17)11-19(3)10-14-13(2)6-9-23-14/h6,9,12H,4-5,7-8,10-11H2,1-3H3,(H,18,22). The summed E-state index contributed by atoms with van der Waals surface area (Å²) in [6, 6.07) is 1.86. The van der Waals surface area contributed by atoms with Crippen LogP contribution in [-0.2, 0) is 11.3 Å². The molecule has 2 heterocycles. The summed E-state index contributed by atoms with van der Waals surface area (Å²) in [5.41, 5.74) is 0.625. The van der Waals surface area contributed by atoms with Gasteiger partial charge in [-0.15, -0.1) is 11.3 Å². The molecule has 3 rings (SSSR count). The number of rotatable bonds is 4. The van der Waals surface area contributed by atoms with Gasteiger partial charge >= 0.3 is 6.03 Å². The van der Waals surface area contributed by atoms with Crippen LogP contribution in [0.1, 0.15) is 43.0 Å². The Morgan fingerprint density at radius 2 is 2.09 bits per heavy atom. The van der Waals surface area contributed by atoms with Crippen molar-refractivity contribution in [2.75, 3.05) is 13.7 Å². The van der Waals surface area contributed by atoms with Crippen molar-refractivity contribution in [3.05, 3.63) is 21.9 Å². The van der Waals surface area contributed by atoms with E-state index in [0.717, 1.165) is 32.2 Å². The molecule has 0 aromatic carbocycles. The largest absolute Gasteiger partial charge is 0.326 e. The van der Waals surface area contributed by atoms with Crippen LogP contribution in [0.5, 0.6) is 0 Å². The van der Waals surface area contributed by atoms with Crippen LogP contribution >= 0.6 is 11.3 Å². The van der Waals surface area contributed by atoms with Crippen LogP contribution in [-0.4, -0.2) is 41.0 Å². The molecule has 3 amide bonds. The van der Waals surface area contributed by atoms with Crippen molar-refractivity contribution in [2.45, 2.75) is 51.6 Å². The van der Waals surface area contributed by atoms with E-state index in [4.69, 9.17) is 0 Å². The Bertz CT molecular complexity index is 605. The first kappa shape index (κ1) is 16.5. The van der Waals surface area contributed by atoms with Crippen LogP contribution in [0.4, 0.5) is 4.79 Å². The number of nitrogens with one attached hydrogen (secondary N) is 1. The smallest absolute Gasteiger partial charge is 0.323 e. The molecule has 1 saturated heterocycles. The second kappa shape index (κ2) is 6.24. The predicted octanol–water partition coefficient (Wildman–Crippen LogP) is 2.95. The highest BCUT2D eigenvalue weighted by molar-refractivity contribution is 7.10. The number of nitrogens with zero attached hydrogens (tertiary/aromatic N) is 2. The number of hydrogen-bond donors (Lipinski definition) is 1. The highest BCUT2D eigenvalue weighted by Crippen LogP contribution is 2.36. The van der Waals surface area contributed by atoms with Crippen LogP contribution in [0.3, 0.4) is 0 Å². The van der Waals surface area contributed by atoms with Gasteiger partial charge in [0.25, 0.3) is 5.91 Å². The van der Waals surface area contributed by atoms with Gasteiger partial charge in [-0.1, -0.05) is 6.92 Å². The molecule has 5 nitrogen and oxygen atoms in total. The maximum absolute atomic E-state index is 12.8. The van der Waals surface area contributed by atoms with E-state index in [9.17, 15) is 9.59 Å². The summed E-state index contributed by atoms with van der Waals surface area (Å²) in [7, 11) is 1.95. The molecule has 0 bridgehead atoms. The molecule has 0 radical (unpaired) electrons. The van der Waals surface area contributed by atoms with Gasteiger partial charge < -0.3 is 5.32 Å². The van der Waals surface area contributed by atoms with Crippen molar-refractivity contribution in [1.82, 2.24) is 15.1 Å². The molecule has 2 fully saturated rings. The van der Waals surface area contributed by atoms with Gasteiger partial charge in [0.1, 0.15) is 5.54 Å². The Morgan fingerprint density at radius 3 is 2.70 bits per heavy atom. The fourth-order valence-electron chi connectivity index (χ4n) is 3.50. The lowest BCUT2D eigenvalue weighted by molar-refractivity contribution is -0.134. The van der Waals surface area contributed by atoms with Crippen LogP contribution in [0.25, 0.3) is 0 Å². The van der Waals surface area contributed by atoms with Gasteiger partial charge in [0.05, 0.1) is 6.67 Å². The molecule has 1 aliphatic heterocycles. The van der Waals surface area contributed by atoms with Gasteiger partial charge in [0.2, 0.25) is 0 Å². The average Bonchev–Trinajstić information content (AvgIpc) is 3.00. The van der Waals surface area contributed by atoms with Crippen LogP contribution in [0.15, 0.2) is 11.4 Å². The summed E-state index contributed by atoms with van der Waals surface area (Å²) >= 11 is 1.71. The second-order valence-electron chi connectivity index (χ2n) is 7.11. The van der Waals surface area contributed by atoms with Gasteiger partial charge in [-0.3, -0.25) is 9.69 Å². The highest BCUT2D eigenvalue weighted by Gasteiger charge is 2.52. The minimum Gasteiger partial charge on any atom is -0.323 e. The normalized spacial score (nSPS) is 28.0. The van der Waals surface area contributed by atoms with Crippen LogP contribution in [0, 0.1) is 12.8 Å².